The third kappa shape index (κ3) is 4.14. The molecule has 6 heteroatoms. The van der Waals surface area contributed by atoms with Gasteiger partial charge in [-0.05, 0) is 37.6 Å². The Hall–Kier alpha value is -2.92. The van der Waals surface area contributed by atoms with E-state index >= 15 is 0 Å². The van der Waals surface area contributed by atoms with Crippen LogP contribution < -0.4 is 10.6 Å². The number of amides is 1. The van der Waals surface area contributed by atoms with Crippen LogP contribution in [-0.2, 0) is 0 Å². The molecule has 0 aliphatic carbocycles. The molecule has 3 aromatic rings. The first-order valence-electron chi connectivity index (χ1n) is 7.75. The standard InChI is InChI=1S/C19H17ClN4O/c1-12-7-8-16(13(2)9-12)24-19-21-10-14(11-22-19)18(25)23-17-6-4-3-5-15(17)20/h3-11H,1-2H3,(H,23,25)(H,21,22,24). The average molecular weight is 353 g/mol. The van der Waals surface area contributed by atoms with Gasteiger partial charge in [-0.25, -0.2) is 9.97 Å². The molecule has 5 nitrogen and oxygen atoms in total. The van der Waals surface area contributed by atoms with Crippen molar-refractivity contribution in [3.63, 3.8) is 0 Å². The summed E-state index contributed by atoms with van der Waals surface area (Å²) in [6.07, 6.45) is 2.95. The van der Waals surface area contributed by atoms with E-state index in [1.54, 1.807) is 24.3 Å². The van der Waals surface area contributed by atoms with Gasteiger partial charge in [0.25, 0.3) is 5.91 Å². The van der Waals surface area contributed by atoms with E-state index in [1.165, 1.54) is 18.0 Å². The molecule has 0 radical (unpaired) electrons. The van der Waals surface area contributed by atoms with Gasteiger partial charge >= 0.3 is 0 Å². The molecule has 0 aliphatic rings. The fourth-order valence-electron chi connectivity index (χ4n) is 2.34. The van der Waals surface area contributed by atoms with Crippen LogP contribution in [0.4, 0.5) is 17.3 Å². The summed E-state index contributed by atoms with van der Waals surface area (Å²) in [6, 6.07) is 13.1. The van der Waals surface area contributed by atoms with Gasteiger partial charge in [0.05, 0.1) is 16.3 Å². The van der Waals surface area contributed by atoms with Gasteiger partial charge in [0.1, 0.15) is 0 Å². The van der Waals surface area contributed by atoms with Gasteiger partial charge in [-0.2, -0.15) is 0 Å². The van der Waals surface area contributed by atoms with Crippen molar-refractivity contribution in [2.45, 2.75) is 13.8 Å². The fraction of sp³-hybridized carbons (Fsp3) is 0.105. The molecule has 25 heavy (non-hydrogen) atoms. The Kier molecular flexibility index (Phi) is 4.95. The van der Waals surface area contributed by atoms with Crippen LogP contribution in [0.15, 0.2) is 54.9 Å². The number of halogens is 1. The van der Waals surface area contributed by atoms with Crippen molar-refractivity contribution in [2.24, 2.45) is 0 Å². The second-order valence-corrected chi connectivity index (χ2v) is 6.08. The lowest BCUT2D eigenvalue weighted by Gasteiger charge is -2.09. The van der Waals surface area contributed by atoms with E-state index in [4.69, 9.17) is 11.6 Å². The molecule has 1 aromatic heterocycles. The Morgan fingerprint density at radius 2 is 1.72 bits per heavy atom. The molecule has 0 atom stereocenters. The SMILES string of the molecule is Cc1ccc(Nc2ncc(C(=O)Nc3ccccc3Cl)cn2)c(C)c1. The molecule has 2 aromatic carbocycles. The molecule has 0 spiro atoms. The molecule has 1 heterocycles. The predicted molar refractivity (Wildman–Crippen MR) is 101 cm³/mol. The molecular formula is C19H17ClN4O. The van der Waals surface area contributed by atoms with E-state index in [0.29, 0.717) is 22.2 Å². The van der Waals surface area contributed by atoms with E-state index in [1.807, 2.05) is 26.0 Å². The molecule has 126 valence electrons. The molecule has 0 unspecified atom stereocenters. The van der Waals surface area contributed by atoms with Crippen LogP contribution in [0.5, 0.6) is 0 Å². The highest BCUT2D eigenvalue weighted by molar-refractivity contribution is 6.33. The Balaban J connectivity index is 1.71. The number of aromatic nitrogens is 2. The molecule has 0 fully saturated rings. The minimum atomic E-state index is -0.314. The molecular weight excluding hydrogens is 336 g/mol. The fourth-order valence-corrected chi connectivity index (χ4v) is 2.52. The van der Waals surface area contributed by atoms with Crippen molar-refractivity contribution in [2.75, 3.05) is 10.6 Å². The molecule has 2 N–H and O–H groups in total. The highest BCUT2D eigenvalue weighted by Crippen LogP contribution is 2.22. The largest absolute Gasteiger partial charge is 0.324 e. The summed E-state index contributed by atoms with van der Waals surface area (Å²) in [5, 5.41) is 6.37. The maximum absolute atomic E-state index is 12.3. The highest BCUT2D eigenvalue weighted by atomic mass is 35.5. The van der Waals surface area contributed by atoms with E-state index in [0.717, 1.165) is 11.3 Å². The maximum Gasteiger partial charge on any atom is 0.258 e. The Bertz CT molecular complexity index is 910. The van der Waals surface area contributed by atoms with Gasteiger partial charge in [0.2, 0.25) is 5.95 Å². The van der Waals surface area contributed by atoms with Crippen molar-refractivity contribution < 1.29 is 4.79 Å². The van der Waals surface area contributed by atoms with Crippen molar-refractivity contribution >= 4 is 34.8 Å². The van der Waals surface area contributed by atoms with Crippen LogP contribution in [-0.4, -0.2) is 15.9 Å². The molecule has 1 amide bonds. The van der Waals surface area contributed by atoms with Gasteiger partial charge in [0, 0.05) is 18.1 Å². The van der Waals surface area contributed by atoms with Crippen LogP contribution in [0.1, 0.15) is 21.5 Å². The predicted octanol–water partition coefficient (Wildman–Crippen LogP) is 4.74. The lowest BCUT2D eigenvalue weighted by atomic mass is 10.1. The van der Waals surface area contributed by atoms with E-state index < -0.39 is 0 Å². The topological polar surface area (TPSA) is 66.9 Å². The Morgan fingerprint density at radius 3 is 2.40 bits per heavy atom. The van der Waals surface area contributed by atoms with Crippen LogP contribution in [0, 0.1) is 13.8 Å². The highest BCUT2D eigenvalue weighted by Gasteiger charge is 2.10. The summed E-state index contributed by atoms with van der Waals surface area (Å²) in [6.45, 7) is 4.06. The van der Waals surface area contributed by atoms with E-state index in [2.05, 4.69) is 26.7 Å². The number of nitrogens with one attached hydrogen (secondary N) is 2. The molecule has 3 rings (SSSR count). The number of hydrogen-bond donors (Lipinski definition) is 2. The zero-order valence-electron chi connectivity index (χ0n) is 13.9. The average Bonchev–Trinajstić information content (AvgIpc) is 2.60. The number of carbonyl (C=O) groups excluding carboxylic acids is 1. The summed E-state index contributed by atoms with van der Waals surface area (Å²) >= 11 is 6.04. The number of rotatable bonds is 4. The Labute approximate surface area is 151 Å². The number of nitrogens with zero attached hydrogens (tertiary/aromatic N) is 2. The van der Waals surface area contributed by atoms with Gasteiger partial charge in [-0.3, -0.25) is 4.79 Å². The van der Waals surface area contributed by atoms with E-state index in [9.17, 15) is 4.79 Å². The first-order valence-corrected chi connectivity index (χ1v) is 8.13. The molecule has 0 saturated heterocycles. The first kappa shape index (κ1) is 16.9. The summed E-state index contributed by atoms with van der Waals surface area (Å²) in [5.41, 5.74) is 4.12. The molecule has 0 bridgehead atoms. The normalized spacial score (nSPS) is 10.4. The lowest BCUT2D eigenvalue weighted by Crippen LogP contribution is -2.13. The summed E-state index contributed by atoms with van der Waals surface area (Å²) in [4.78, 5) is 20.7. The quantitative estimate of drug-likeness (QED) is 0.711. The van der Waals surface area contributed by atoms with Gasteiger partial charge in [-0.15, -0.1) is 0 Å². The monoisotopic (exact) mass is 352 g/mol. The van der Waals surface area contributed by atoms with Gasteiger partial charge in [0.15, 0.2) is 0 Å². The third-order valence-electron chi connectivity index (χ3n) is 3.66. The smallest absolute Gasteiger partial charge is 0.258 e. The van der Waals surface area contributed by atoms with Crippen LogP contribution >= 0.6 is 11.6 Å². The van der Waals surface area contributed by atoms with E-state index in [-0.39, 0.29) is 5.91 Å². The zero-order chi connectivity index (χ0) is 17.8. The summed E-state index contributed by atoms with van der Waals surface area (Å²) in [5.74, 6) is 0.118. The second kappa shape index (κ2) is 7.32. The minimum absolute atomic E-state index is 0.314. The maximum atomic E-state index is 12.3. The number of hydrogen-bond acceptors (Lipinski definition) is 4. The van der Waals surface area contributed by atoms with Crippen molar-refractivity contribution in [3.8, 4) is 0 Å². The lowest BCUT2D eigenvalue weighted by molar-refractivity contribution is 0.102. The van der Waals surface area contributed by atoms with Gasteiger partial charge in [-0.1, -0.05) is 41.4 Å². The number of benzene rings is 2. The van der Waals surface area contributed by atoms with Crippen LogP contribution in [0.3, 0.4) is 0 Å². The number of carbonyl (C=O) groups is 1. The van der Waals surface area contributed by atoms with Crippen LogP contribution in [0.25, 0.3) is 0 Å². The van der Waals surface area contributed by atoms with Crippen molar-refractivity contribution in [3.05, 3.63) is 76.6 Å². The number of anilines is 3. The molecule has 0 saturated carbocycles. The number of para-hydroxylation sites is 1. The second-order valence-electron chi connectivity index (χ2n) is 5.67. The van der Waals surface area contributed by atoms with Gasteiger partial charge < -0.3 is 10.6 Å². The van der Waals surface area contributed by atoms with Crippen molar-refractivity contribution in [1.29, 1.82) is 0 Å². The molecule has 0 aliphatic heterocycles. The van der Waals surface area contributed by atoms with Crippen LogP contribution in [0.2, 0.25) is 5.02 Å². The minimum Gasteiger partial charge on any atom is -0.324 e. The third-order valence-corrected chi connectivity index (χ3v) is 3.99. The Morgan fingerprint density at radius 1 is 1.00 bits per heavy atom. The van der Waals surface area contributed by atoms with Crippen molar-refractivity contribution in [1.82, 2.24) is 9.97 Å². The summed E-state index contributed by atoms with van der Waals surface area (Å²) in [7, 11) is 0. The zero-order valence-corrected chi connectivity index (χ0v) is 14.6. The number of aryl methyl sites for hydroxylation is 2. The summed E-state index contributed by atoms with van der Waals surface area (Å²) < 4.78 is 0. The first-order chi connectivity index (χ1) is 12.0.